The molecular weight excluding hydrogens is 212 g/mol. The van der Waals surface area contributed by atoms with Gasteiger partial charge in [0.2, 0.25) is 5.91 Å². The van der Waals surface area contributed by atoms with Crippen LogP contribution in [0.5, 0.6) is 0 Å². The van der Waals surface area contributed by atoms with Gasteiger partial charge < -0.3 is 11.1 Å². The monoisotopic (exact) mass is 232 g/mol. The van der Waals surface area contributed by atoms with Crippen molar-refractivity contribution >= 4 is 5.91 Å². The molecule has 3 N–H and O–H groups in total. The number of amides is 1. The molecule has 3 unspecified atom stereocenters. The van der Waals surface area contributed by atoms with Crippen molar-refractivity contribution in [1.82, 2.24) is 5.32 Å². The summed E-state index contributed by atoms with van der Waals surface area (Å²) in [7, 11) is 0. The van der Waals surface area contributed by atoms with Crippen LogP contribution in [0, 0.1) is 0 Å². The summed E-state index contributed by atoms with van der Waals surface area (Å²) in [5.74, 6) is 0.508. The molecule has 0 bridgehead atoms. The number of nitrogens with two attached hydrogens (primary N) is 1. The molecule has 3 nitrogen and oxygen atoms in total. The Kier molecular flexibility index (Phi) is 3.48. The van der Waals surface area contributed by atoms with Crippen LogP contribution in [0.4, 0.5) is 0 Å². The van der Waals surface area contributed by atoms with Crippen molar-refractivity contribution in [3.05, 3.63) is 35.4 Å². The van der Waals surface area contributed by atoms with Crippen molar-refractivity contribution in [1.29, 1.82) is 0 Å². The number of hydrogen-bond donors (Lipinski definition) is 2. The van der Waals surface area contributed by atoms with Crippen molar-refractivity contribution in [2.75, 3.05) is 0 Å². The van der Waals surface area contributed by atoms with E-state index in [0.29, 0.717) is 5.92 Å². The van der Waals surface area contributed by atoms with Crippen LogP contribution >= 0.6 is 0 Å². The molecule has 0 heterocycles. The molecule has 1 aliphatic carbocycles. The lowest BCUT2D eigenvalue weighted by atomic mass is 9.81. The lowest BCUT2D eigenvalue weighted by molar-refractivity contribution is -0.122. The molecule has 1 aromatic rings. The summed E-state index contributed by atoms with van der Waals surface area (Å²) in [6.07, 6.45) is 2.11. The molecule has 92 valence electrons. The molecule has 0 fully saturated rings. The van der Waals surface area contributed by atoms with Crippen LogP contribution in [0.15, 0.2) is 24.3 Å². The van der Waals surface area contributed by atoms with Crippen LogP contribution < -0.4 is 11.1 Å². The third-order valence-electron chi connectivity index (χ3n) is 3.52. The van der Waals surface area contributed by atoms with E-state index in [9.17, 15) is 4.79 Å². The van der Waals surface area contributed by atoms with Crippen LogP contribution in [0.1, 0.15) is 49.8 Å². The third kappa shape index (κ3) is 2.50. The van der Waals surface area contributed by atoms with E-state index in [-0.39, 0.29) is 11.9 Å². The number of rotatable bonds is 2. The van der Waals surface area contributed by atoms with Crippen molar-refractivity contribution in [3.8, 4) is 0 Å². The minimum absolute atomic E-state index is 0.0700. The van der Waals surface area contributed by atoms with Gasteiger partial charge in [-0.2, -0.15) is 0 Å². The summed E-state index contributed by atoms with van der Waals surface area (Å²) in [6.45, 7) is 3.95. The Morgan fingerprint density at radius 2 is 2.00 bits per heavy atom. The Balaban J connectivity index is 2.21. The van der Waals surface area contributed by atoms with E-state index in [0.717, 1.165) is 12.8 Å². The van der Waals surface area contributed by atoms with E-state index in [4.69, 9.17) is 5.73 Å². The van der Waals surface area contributed by atoms with Crippen LogP contribution in [-0.4, -0.2) is 11.9 Å². The molecule has 1 aliphatic rings. The minimum atomic E-state index is -0.443. The zero-order chi connectivity index (χ0) is 12.4. The Morgan fingerprint density at radius 3 is 2.65 bits per heavy atom. The van der Waals surface area contributed by atoms with Gasteiger partial charge in [-0.15, -0.1) is 0 Å². The normalized spacial score (nSPS) is 24.9. The molecule has 0 spiro atoms. The van der Waals surface area contributed by atoms with Crippen molar-refractivity contribution in [2.45, 2.75) is 44.7 Å². The molecule has 0 aliphatic heterocycles. The summed E-state index contributed by atoms with van der Waals surface area (Å²) in [6, 6.07) is 8.04. The smallest absolute Gasteiger partial charge is 0.237 e. The summed E-state index contributed by atoms with van der Waals surface area (Å²) >= 11 is 0. The second-order valence-electron chi connectivity index (χ2n) is 4.96. The maximum atomic E-state index is 11.7. The lowest BCUT2D eigenvalue weighted by Gasteiger charge is -2.30. The van der Waals surface area contributed by atoms with Gasteiger partial charge in [-0.25, -0.2) is 0 Å². The quantitative estimate of drug-likeness (QED) is 0.820. The number of benzene rings is 1. The van der Waals surface area contributed by atoms with Crippen LogP contribution in [0.2, 0.25) is 0 Å². The topological polar surface area (TPSA) is 55.1 Å². The van der Waals surface area contributed by atoms with E-state index in [1.54, 1.807) is 6.92 Å². The molecular formula is C14H20N2O. The number of carbonyl (C=O) groups is 1. The predicted molar refractivity (Wildman–Crippen MR) is 68.6 cm³/mol. The highest BCUT2D eigenvalue weighted by Gasteiger charge is 2.25. The first-order valence-corrected chi connectivity index (χ1v) is 6.24. The van der Waals surface area contributed by atoms with Crippen molar-refractivity contribution in [2.24, 2.45) is 5.73 Å². The van der Waals surface area contributed by atoms with E-state index < -0.39 is 6.04 Å². The number of fused-ring (bicyclic) bond motifs is 1. The SMILES string of the molecule is CC(N)C(=O)NC1CCC(C)c2ccccc21. The number of carbonyl (C=O) groups excluding carboxylic acids is 1. The molecule has 0 radical (unpaired) electrons. The maximum absolute atomic E-state index is 11.7. The van der Waals surface area contributed by atoms with E-state index in [1.807, 2.05) is 6.07 Å². The zero-order valence-electron chi connectivity index (χ0n) is 10.4. The van der Waals surface area contributed by atoms with Crippen molar-refractivity contribution < 1.29 is 4.79 Å². The second kappa shape index (κ2) is 4.88. The number of hydrogen-bond acceptors (Lipinski definition) is 2. The highest BCUT2D eigenvalue weighted by atomic mass is 16.2. The average Bonchev–Trinajstić information content (AvgIpc) is 2.33. The molecule has 0 saturated heterocycles. The van der Waals surface area contributed by atoms with Gasteiger partial charge in [0, 0.05) is 0 Å². The molecule has 3 heteroatoms. The molecule has 1 aromatic carbocycles. The van der Waals surface area contributed by atoms with Crippen molar-refractivity contribution in [3.63, 3.8) is 0 Å². The fourth-order valence-electron chi connectivity index (χ4n) is 2.46. The van der Waals surface area contributed by atoms with E-state index in [2.05, 4.69) is 30.4 Å². The highest BCUT2D eigenvalue weighted by molar-refractivity contribution is 5.81. The standard InChI is InChI=1S/C14H20N2O/c1-9-7-8-13(16-14(17)10(2)15)12-6-4-3-5-11(9)12/h3-6,9-10,13H,7-8,15H2,1-2H3,(H,16,17). The number of nitrogens with one attached hydrogen (secondary N) is 1. The zero-order valence-corrected chi connectivity index (χ0v) is 10.4. The molecule has 17 heavy (non-hydrogen) atoms. The van der Waals surface area contributed by atoms with Gasteiger partial charge in [-0.1, -0.05) is 31.2 Å². The van der Waals surface area contributed by atoms with Gasteiger partial charge in [0.1, 0.15) is 0 Å². The molecule has 2 rings (SSSR count). The second-order valence-corrected chi connectivity index (χ2v) is 4.96. The van der Waals surface area contributed by atoms with Gasteiger partial charge in [-0.3, -0.25) is 4.79 Å². The Morgan fingerprint density at radius 1 is 1.35 bits per heavy atom. The van der Waals surface area contributed by atoms with Crippen LogP contribution in [-0.2, 0) is 4.79 Å². The van der Waals surface area contributed by atoms with Gasteiger partial charge >= 0.3 is 0 Å². The molecule has 1 amide bonds. The van der Waals surface area contributed by atoms with Gasteiger partial charge in [0.25, 0.3) is 0 Å². The van der Waals surface area contributed by atoms with Gasteiger partial charge in [-0.05, 0) is 36.8 Å². The largest absolute Gasteiger partial charge is 0.348 e. The lowest BCUT2D eigenvalue weighted by Crippen LogP contribution is -2.41. The maximum Gasteiger partial charge on any atom is 0.237 e. The minimum Gasteiger partial charge on any atom is -0.348 e. The Labute approximate surface area is 102 Å². The predicted octanol–water partition coefficient (Wildman–Crippen LogP) is 2.09. The Hall–Kier alpha value is -1.35. The first-order valence-electron chi connectivity index (χ1n) is 6.24. The van der Waals surface area contributed by atoms with E-state index in [1.165, 1.54) is 11.1 Å². The summed E-state index contributed by atoms with van der Waals surface area (Å²) < 4.78 is 0. The first-order chi connectivity index (χ1) is 8.09. The third-order valence-corrected chi connectivity index (χ3v) is 3.52. The molecule has 3 atom stereocenters. The fraction of sp³-hybridized carbons (Fsp3) is 0.500. The van der Waals surface area contributed by atoms with Gasteiger partial charge in [0.05, 0.1) is 12.1 Å². The van der Waals surface area contributed by atoms with Crippen LogP contribution in [0.25, 0.3) is 0 Å². The summed E-state index contributed by atoms with van der Waals surface area (Å²) in [5.41, 5.74) is 8.19. The van der Waals surface area contributed by atoms with Gasteiger partial charge in [0.15, 0.2) is 0 Å². The molecule has 0 aromatic heterocycles. The fourth-order valence-corrected chi connectivity index (χ4v) is 2.46. The Bertz CT molecular complexity index is 414. The average molecular weight is 232 g/mol. The summed E-state index contributed by atoms with van der Waals surface area (Å²) in [5, 5.41) is 3.03. The first kappa shape index (κ1) is 12.1. The van der Waals surface area contributed by atoms with Crippen LogP contribution in [0.3, 0.4) is 0 Å². The highest BCUT2D eigenvalue weighted by Crippen LogP contribution is 2.36. The molecule has 0 saturated carbocycles. The van der Waals surface area contributed by atoms with E-state index >= 15 is 0 Å². The summed E-state index contributed by atoms with van der Waals surface area (Å²) in [4.78, 5) is 11.7.